The topological polar surface area (TPSA) is 59.4 Å². The highest BCUT2D eigenvalue weighted by molar-refractivity contribution is 5.85. The third kappa shape index (κ3) is 3.69. The van der Waals surface area contributed by atoms with Gasteiger partial charge in [0.2, 0.25) is 0 Å². The van der Waals surface area contributed by atoms with Gasteiger partial charge in [-0.3, -0.25) is 4.79 Å². The highest BCUT2D eigenvalue weighted by atomic mass is 35.5. The van der Waals surface area contributed by atoms with Crippen molar-refractivity contribution in [2.45, 2.75) is 38.5 Å². The van der Waals surface area contributed by atoms with Gasteiger partial charge in [0, 0.05) is 26.2 Å². The Bertz CT molecular complexity index is 746. The van der Waals surface area contributed by atoms with Crippen LogP contribution >= 0.6 is 24.8 Å². The second-order valence-corrected chi connectivity index (χ2v) is 6.46. The minimum atomic E-state index is -0.362. The van der Waals surface area contributed by atoms with Crippen molar-refractivity contribution in [1.29, 1.82) is 0 Å². The molecule has 0 saturated carbocycles. The van der Waals surface area contributed by atoms with Gasteiger partial charge in [0.15, 0.2) is 0 Å². The predicted molar refractivity (Wildman–Crippen MR) is 106 cm³/mol. The van der Waals surface area contributed by atoms with Crippen molar-refractivity contribution < 1.29 is 9.53 Å². The lowest BCUT2D eigenvalue weighted by molar-refractivity contribution is -0.146. The maximum atomic E-state index is 12.9. The zero-order valence-electron chi connectivity index (χ0n) is 14.9. The quantitative estimate of drug-likeness (QED) is 0.859. The molecule has 0 bridgehead atoms. The maximum Gasteiger partial charge on any atom is 0.253 e. The summed E-state index contributed by atoms with van der Waals surface area (Å²) < 4.78 is 7.91. The normalized spacial score (nSPS) is 22.7. The number of ether oxygens (including phenoxy) is 1. The molecular weight excluding hydrogens is 375 g/mol. The minimum Gasteiger partial charge on any atom is -0.366 e. The lowest BCUT2D eigenvalue weighted by Crippen LogP contribution is -2.49. The van der Waals surface area contributed by atoms with Gasteiger partial charge in [-0.1, -0.05) is 12.1 Å². The Labute approximate surface area is 166 Å². The number of imidazole rings is 1. The summed E-state index contributed by atoms with van der Waals surface area (Å²) in [6.45, 7) is 5.80. The Kier molecular flexibility index (Phi) is 7.29. The summed E-state index contributed by atoms with van der Waals surface area (Å²) in [6.07, 6.45) is 1.62. The molecule has 1 amide bonds. The first-order valence-corrected chi connectivity index (χ1v) is 8.87. The zero-order chi connectivity index (χ0) is 16.5. The molecule has 2 aliphatic rings. The first-order chi connectivity index (χ1) is 11.8. The van der Waals surface area contributed by atoms with Crippen molar-refractivity contribution in [1.82, 2.24) is 19.8 Å². The Morgan fingerprint density at radius 3 is 2.88 bits per heavy atom. The summed E-state index contributed by atoms with van der Waals surface area (Å²) >= 11 is 0. The Hall–Kier alpha value is -1.34. The van der Waals surface area contributed by atoms with E-state index >= 15 is 0 Å². The number of likely N-dealkylation sites (tertiary alicyclic amines) is 1. The Balaban J connectivity index is 0.00000121. The number of morpholine rings is 1. The number of halogens is 2. The molecule has 2 fully saturated rings. The van der Waals surface area contributed by atoms with Crippen LogP contribution in [0, 0.1) is 0 Å². The third-order valence-corrected chi connectivity index (χ3v) is 5.04. The van der Waals surface area contributed by atoms with E-state index in [4.69, 9.17) is 9.72 Å². The van der Waals surface area contributed by atoms with Gasteiger partial charge < -0.3 is 19.5 Å². The van der Waals surface area contributed by atoms with Crippen LogP contribution in [0.4, 0.5) is 0 Å². The molecule has 6 nitrogen and oxygen atoms in total. The smallest absolute Gasteiger partial charge is 0.253 e. The molecule has 3 heterocycles. The van der Waals surface area contributed by atoms with Crippen LogP contribution in [0.3, 0.4) is 0 Å². The summed E-state index contributed by atoms with van der Waals surface area (Å²) in [5, 5.41) is 3.24. The number of nitrogens with one attached hydrogen (secondary N) is 1. The van der Waals surface area contributed by atoms with Crippen LogP contribution in [0.2, 0.25) is 0 Å². The van der Waals surface area contributed by atoms with E-state index in [9.17, 15) is 4.79 Å². The van der Waals surface area contributed by atoms with E-state index in [0.29, 0.717) is 13.2 Å². The first kappa shape index (κ1) is 21.0. The van der Waals surface area contributed by atoms with E-state index in [1.165, 1.54) is 0 Å². The van der Waals surface area contributed by atoms with Crippen molar-refractivity contribution in [3.8, 4) is 0 Å². The molecule has 2 atom stereocenters. The largest absolute Gasteiger partial charge is 0.366 e. The van der Waals surface area contributed by atoms with Crippen LogP contribution < -0.4 is 5.32 Å². The number of carbonyl (C=O) groups excluding carboxylic acids is 1. The summed E-state index contributed by atoms with van der Waals surface area (Å²) in [7, 11) is 0. The average Bonchev–Trinajstić information content (AvgIpc) is 3.25. The van der Waals surface area contributed by atoms with Gasteiger partial charge in [-0.05, 0) is 31.9 Å². The van der Waals surface area contributed by atoms with Crippen molar-refractivity contribution in [3.05, 3.63) is 30.1 Å². The number of benzene rings is 1. The lowest BCUT2D eigenvalue weighted by atomic mass is 10.2. The van der Waals surface area contributed by atoms with Crippen LogP contribution in [0.25, 0.3) is 11.0 Å². The SMILES string of the molecule is CCn1c(C2CCCN2C(=O)C2CNCCO2)nc2ccccc21.Cl.Cl. The summed E-state index contributed by atoms with van der Waals surface area (Å²) in [5.41, 5.74) is 2.15. The van der Waals surface area contributed by atoms with Crippen molar-refractivity contribution >= 4 is 41.8 Å². The number of para-hydroxylation sites is 2. The Morgan fingerprint density at radius 2 is 2.15 bits per heavy atom. The number of carbonyl (C=O) groups is 1. The molecule has 1 N–H and O–H groups in total. The second kappa shape index (κ2) is 9.04. The lowest BCUT2D eigenvalue weighted by Gasteiger charge is -2.30. The van der Waals surface area contributed by atoms with E-state index in [1.54, 1.807) is 0 Å². The molecule has 0 radical (unpaired) electrons. The minimum absolute atomic E-state index is 0. The van der Waals surface area contributed by atoms with Crippen molar-refractivity contribution in [2.75, 3.05) is 26.2 Å². The molecule has 1 aromatic carbocycles. The molecule has 26 heavy (non-hydrogen) atoms. The van der Waals surface area contributed by atoms with Gasteiger partial charge in [0.05, 0.1) is 23.7 Å². The van der Waals surface area contributed by atoms with Crippen LogP contribution in [0.1, 0.15) is 31.6 Å². The van der Waals surface area contributed by atoms with E-state index in [1.807, 2.05) is 23.1 Å². The van der Waals surface area contributed by atoms with Gasteiger partial charge in [0.1, 0.15) is 11.9 Å². The molecule has 0 aliphatic carbocycles. The molecule has 2 saturated heterocycles. The van der Waals surface area contributed by atoms with Gasteiger partial charge in [0.25, 0.3) is 5.91 Å². The van der Waals surface area contributed by atoms with Crippen LogP contribution in [0.5, 0.6) is 0 Å². The Morgan fingerprint density at radius 1 is 1.35 bits per heavy atom. The summed E-state index contributed by atoms with van der Waals surface area (Å²) in [4.78, 5) is 19.8. The van der Waals surface area contributed by atoms with Crippen molar-refractivity contribution in [3.63, 3.8) is 0 Å². The standard InChI is InChI=1S/C18H24N4O2.2ClH/c1-2-21-14-7-4-3-6-13(14)20-17(21)15-8-5-10-22(15)18(23)16-12-19-9-11-24-16;;/h3-4,6-7,15-16,19H,2,5,8-12H2,1H3;2*1H. The molecule has 144 valence electrons. The monoisotopic (exact) mass is 400 g/mol. The van der Waals surface area contributed by atoms with Crippen LogP contribution in [-0.4, -0.2) is 52.7 Å². The molecule has 2 aromatic rings. The number of hydrogen-bond donors (Lipinski definition) is 1. The number of nitrogens with zero attached hydrogens (tertiary/aromatic N) is 3. The number of fused-ring (bicyclic) bond motifs is 1. The average molecular weight is 401 g/mol. The molecule has 2 aliphatic heterocycles. The van der Waals surface area contributed by atoms with Gasteiger partial charge in [-0.15, -0.1) is 24.8 Å². The third-order valence-electron chi connectivity index (χ3n) is 5.04. The molecule has 4 rings (SSSR count). The van der Waals surface area contributed by atoms with Gasteiger partial charge in [-0.2, -0.15) is 0 Å². The maximum absolute atomic E-state index is 12.9. The van der Waals surface area contributed by atoms with Gasteiger partial charge >= 0.3 is 0 Å². The number of amides is 1. The fourth-order valence-electron chi connectivity index (χ4n) is 3.89. The second-order valence-electron chi connectivity index (χ2n) is 6.46. The highest BCUT2D eigenvalue weighted by Crippen LogP contribution is 2.34. The number of hydrogen-bond acceptors (Lipinski definition) is 4. The molecule has 8 heteroatoms. The fourth-order valence-corrected chi connectivity index (χ4v) is 3.89. The molecular formula is C18H26Cl2N4O2. The van der Waals surface area contributed by atoms with E-state index in [2.05, 4.69) is 22.9 Å². The number of aryl methyl sites for hydroxylation is 1. The van der Waals surface area contributed by atoms with Crippen LogP contribution in [0.15, 0.2) is 24.3 Å². The highest BCUT2D eigenvalue weighted by Gasteiger charge is 2.37. The summed E-state index contributed by atoms with van der Waals surface area (Å²) in [5.74, 6) is 1.10. The number of aromatic nitrogens is 2. The van der Waals surface area contributed by atoms with E-state index in [0.717, 1.165) is 49.3 Å². The molecule has 1 aromatic heterocycles. The fraction of sp³-hybridized carbons (Fsp3) is 0.556. The van der Waals surface area contributed by atoms with Crippen molar-refractivity contribution in [2.24, 2.45) is 0 Å². The number of rotatable bonds is 3. The first-order valence-electron chi connectivity index (χ1n) is 8.87. The van der Waals surface area contributed by atoms with E-state index in [-0.39, 0.29) is 42.9 Å². The zero-order valence-corrected chi connectivity index (χ0v) is 16.5. The molecule has 2 unspecified atom stereocenters. The summed E-state index contributed by atoms with van der Waals surface area (Å²) in [6, 6.07) is 8.25. The predicted octanol–water partition coefficient (Wildman–Crippen LogP) is 2.55. The van der Waals surface area contributed by atoms with Crippen LogP contribution in [-0.2, 0) is 16.1 Å². The van der Waals surface area contributed by atoms with E-state index < -0.39 is 0 Å². The van der Waals surface area contributed by atoms with Gasteiger partial charge in [-0.25, -0.2) is 4.98 Å². The molecule has 0 spiro atoms.